The Labute approximate surface area is 62.7 Å². The van der Waals surface area contributed by atoms with Crippen molar-refractivity contribution >= 4 is 7.12 Å². The Balaban J connectivity index is 2.24. The Morgan fingerprint density at radius 3 is 2.40 bits per heavy atom. The summed E-state index contributed by atoms with van der Waals surface area (Å²) in [6, 6.07) is 0. The molecule has 1 N–H and O–H groups in total. The fraction of sp³-hybridized carbons (Fsp3) is 1.00. The van der Waals surface area contributed by atoms with Gasteiger partial charge in [0.1, 0.15) is 0 Å². The van der Waals surface area contributed by atoms with Gasteiger partial charge in [0.25, 0.3) is 0 Å². The Bertz CT molecular complexity index is 91.6. The molecule has 2 nitrogen and oxygen atoms in total. The van der Waals surface area contributed by atoms with Crippen molar-refractivity contribution in [3.05, 3.63) is 0 Å². The summed E-state index contributed by atoms with van der Waals surface area (Å²) >= 11 is 0. The molecule has 0 bridgehead atoms. The lowest BCUT2D eigenvalue weighted by Crippen LogP contribution is -2.24. The monoisotopic (exact) mass is 142 g/mol. The van der Waals surface area contributed by atoms with Gasteiger partial charge in [-0.05, 0) is 5.82 Å². The zero-order valence-electron chi connectivity index (χ0n) is 6.55. The van der Waals surface area contributed by atoms with E-state index in [0.29, 0.717) is 5.82 Å². The normalized spacial score (nSPS) is 21.0. The topological polar surface area (TPSA) is 29.5 Å². The van der Waals surface area contributed by atoms with Gasteiger partial charge in [-0.3, -0.25) is 0 Å². The van der Waals surface area contributed by atoms with Crippen LogP contribution in [0.2, 0.25) is 5.82 Å². The molecule has 0 aromatic carbocycles. The van der Waals surface area contributed by atoms with Crippen LogP contribution in [0.5, 0.6) is 0 Å². The fourth-order valence-electron chi connectivity index (χ4n) is 1.61. The van der Waals surface area contributed by atoms with Crippen LogP contribution in [0.1, 0.15) is 32.1 Å². The first-order valence-electron chi connectivity index (χ1n) is 4.05. The second-order valence-corrected chi connectivity index (χ2v) is 3.02. The van der Waals surface area contributed by atoms with E-state index in [2.05, 4.69) is 0 Å². The highest BCUT2D eigenvalue weighted by atomic mass is 16.5. The van der Waals surface area contributed by atoms with Gasteiger partial charge >= 0.3 is 7.12 Å². The van der Waals surface area contributed by atoms with Crippen LogP contribution in [-0.4, -0.2) is 19.3 Å². The second-order valence-electron chi connectivity index (χ2n) is 3.02. The molecular formula is C7H15BO2. The maximum atomic E-state index is 9.26. The molecule has 58 valence electrons. The van der Waals surface area contributed by atoms with Crippen LogP contribution in [0, 0.1) is 0 Å². The lowest BCUT2D eigenvalue weighted by Gasteiger charge is -2.21. The highest BCUT2D eigenvalue weighted by Crippen LogP contribution is 2.30. The van der Waals surface area contributed by atoms with Gasteiger partial charge in [0.05, 0.1) is 0 Å². The SMILES string of the molecule is COB(O)C1CCCCC1. The summed E-state index contributed by atoms with van der Waals surface area (Å²) in [6.45, 7) is 0. The van der Waals surface area contributed by atoms with Gasteiger partial charge < -0.3 is 9.68 Å². The molecule has 1 aliphatic carbocycles. The maximum absolute atomic E-state index is 9.26. The third kappa shape index (κ3) is 1.99. The average Bonchev–Trinajstić information content (AvgIpc) is 2.05. The summed E-state index contributed by atoms with van der Waals surface area (Å²) < 4.78 is 4.85. The Hall–Kier alpha value is -0.0151. The molecule has 10 heavy (non-hydrogen) atoms. The molecule has 0 aromatic rings. The molecule has 0 saturated heterocycles. The van der Waals surface area contributed by atoms with Gasteiger partial charge in [0, 0.05) is 7.11 Å². The predicted molar refractivity (Wildman–Crippen MR) is 41.8 cm³/mol. The first kappa shape index (κ1) is 8.09. The first-order valence-corrected chi connectivity index (χ1v) is 4.05. The fourth-order valence-corrected chi connectivity index (χ4v) is 1.61. The maximum Gasteiger partial charge on any atom is 0.457 e. The van der Waals surface area contributed by atoms with Gasteiger partial charge in [0.2, 0.25) is 0 Å². The zero-order valence-corrected chi connectivity index (χ0v) is 6.55. The molecule has 0 aliphatic heterocycles. The average molecular weight is 142 g/mol. The molecule has 1 rings (SSSR count). The van der Waals surface area contributed by atoms with E-state index in [4.69, 9.17) is 4.65 Å². The summed E-state index contributed by atoms with van der Waals surface area (Å²) in [5.74, 6) is 0.402. The van der Waals surface area contributed by atoms with E-state index in [9.17, 15) is 5.02 Å². The molecule has 0 spiro atoms. The molecule has 0 amide bonds. The Morgan fingerprint density at radius 2 is 1.90 bits per heavy atom. The van der Waals surface area contributed by atoms with Crippen molar-refractivity contribution in [1.82, 2.24) is 0 Å². The van der Waals surface area contributed by atoms with Gasteiger partial charge in [-0.2, -0.15) is 0 Å². The van der Waals surface area contributed by atoms with E-state index in [-0.39, 0.29) is 0 Å². The molecule has 0 heterocycles. The molecule has 0 atom stereocenters. The molecule has 0 radical (unpaired) electrons. The van der Waals surface area contributed by atoms with Crippen molar-refractivity contribution in [3.8, 4) is 0 Å². The number of hydrogen-bond acceptors (Lipinski definition) is 2. The number of rotatable bonds is 2. The standard InChI is InChI=1S/C7H15BO2/c1-10-8(9)7-5-3-2-4-6-7/h7,9H,2-6H2,1H3. The lowest BCUT2D eigenvalue weighted by atomic mass is 9.65. The Morgan fingerprint density at radius 1 is 1.30 bits per heavy atom. The zero-order chi connectivity index (χ0) is 7.40. The van der Waals surface area contributed by atoms with Crippen LogP contribution in [-0.2, 0) is 4.65 Å². The molecule has 1 saturated carbocycles. The third-order valence-electron chi connectivity index (χ3n) is 2.29. The van der Waals surface area contributed by atoms with E-state index in [1.807, 2.05) is 0 Å². The summed E-state index contributed by atoms with van der Waals surface area (Å²) in [7, 11) is 1.06. The molecule has 3 heteroatoms. The smallest absolute Gasteiger partial charge is 0.427 e. The van der Waals surface area contributed by atoms with E-state index in [1.54, 1.807) is 7.11 Å². The highest BCUT2D eigenvalue weighted by molar-refractivity contribution is 6.44. The van der Waals surface area contributed by atoms with Crippen LogP contribution in [0.4, 0.5) is 0 Å². The molecule has 1 fully saturated rings. The van der Waals surface area contributed by atoms with Gasteiger partial charge in [-0.1, -0.05) is 32.1 Å². The Kier molecular flexibility index (Phi) is 3.22. The summed E-state index contributed by atoms with van der Waals surface area (Å²) in [5.41, 5.74) is 0. The first-order chi connectivity index (χ1) is 4.84. The summed E-state index contributed by atoms with van der Waals surface area (Å²) in [5, 5.41) is 9.26. The summed E-state index contributed by atoms with van der Waals surface area (Å²) in [6.07, 6.45) is 6.10. The van der Waals surface area contributed by atoms with Crippen molar-refractivity contribution in [3.63, 3.8) is 0 Å². The van der Waals surface area contributed by atoms with Crippen LogP contribution < -0.4 is 0 Å². The van der Waals surface area contributed by atoms with Gasteiger partial charge in [-0.25, -0.2) is 0 Å². The third-order valence-corrected chi connectivity index (χ3v) is 2.29. The van der Waals surface area contributed by atoms with Crippen molar-refractivity contribution in [2.45, 2.75) is 37.9 Å². The lowest BCUT2D eigenvalue weighted by molar-refractivity contribution is 0.294. The van der Waals surface area contributed by atoms with E-state index in [0.717, 1.165) is 12.8 Å². The van der Waals surface area contributed by atoms with Crippen molar-refractivity contribution in [2.24, 2.45) is 0 Å². The highest BCUT2D eigenvalue weighted by Gasteiger charge is 2.26. The molecule has 0 unspecified atom stereocenters. The van der Waals surface area contributed by atoms with Gasteiger partial charge in [0.15, 0.2) is 0 Å². The molecule has 0 aromatic heterocycles. The van der Waals surface area contributed by atoms with Crippen molar-refractivity contribution < 1.29 is 9.68 Å². The van der Waals surface area contributed by atoms with E-state index in [1.165, 1.54) is 19.3 Å². The minimum atomic E-state index is -0.514. The predicted octanol–water partition coefficient (Wildman–Crippen LogP) is 1.45. The minimum Gasteiger partial charge on any atom is -0.427 e. The largest absolute Gasteiger partial charge is 0.457 e. The molecule has 1 aliphatic rings. The quantitative estimate of drug-likeness (QED) is 0.591. The number of hydrogen-bond donors (Lipinski definition) is 1. The van der Waals surface area contributed by atoms with Gasteiger partial charge in [-0.15, -0.1) is 0 Å². The van der Waals surface area contributed by atoms with Crippen molar-refractivity contribution in [2.75, 3.05) is 7.11 Å². The second kappa shape index (κ2) is 3.99. The minimum absolute atomic E-state index is 0.402. The van der Waals surface area contributed by atoms with Crippen LogP contribution in [0.3, 0.4) is 0 Å². The van der Waals surface area contributed by atoms with E-state index >= 15 is 0 Å². The summed E-state index contributed by atoms with van der Waals surface area (Å²) in [4.78, 5) is 0. The molecular weight excluding hydrogens is 127 g/mol. The van der Waals surface area contributed by atoms with Crippen molar-refractivity contribution in [1.29, 1.82) is 0 Å². The van der Waals surface area contributed by atoms with Crippen LogP contribution in [0.25, 0.3) is 0 Å². The van der Waals surface area contributed by atoms with E-state index < -0.39 is 7.12 Å². The van der Waals surface area contributed by atoms with Crippen LogP contribution in [0.15, 0.2) is 0 Å². The van der Waals surface area contributed by atoms with Crippen LogP contribution >= 0.6 is 0 Å².